The lowest BCUT2D eigenvalue weighted by Crippen LogP contribution is -2.04. The number of aromatic nitrogens is 1. The molecule has 0 radical (unpaired) electrons. The van der Waals surface area contributed by atoms with Gasteiger partial charge in [0.05, 0.1) is 12.1 Å². The SMILES string of the molecule is COCCOc1ccc(CNc2ccnc3cc(Cl)ccc23)cc1. The Morgan fingerprint density at radius 3 is 2.67 bits per heavy atom. The molecule has 1 heterocycles. The Hall–Kier alpha value is -2.30. The van der Waals surface area contributed by atoms with E-state index < -0.39 is 0 Å². The number of pyridine rings is 1. The van der Waals surface area contributed by atoms with Gasteiger partial charge in [0, 0.05) is 35.9 Å². The lowest BCUT2D eigenvalue weighted by atomic mass is 10.1. The van der Waals surface area contributed by atoms with Crippen molar-refractivity contribution in [3.05, 3.63) is 65.3 Å². The van der Waals surface area contributed by atoms with Crippen LogP contribution in [-0.2, 0) is 11.3 Å². The predicted octanol–water partition coefficient (Wildman–Crippen LogP) is 4.53. The van der Waals surface area contributed by atoms with Crippen LogP contribution in [0.2, 0.25) is 5.02 Å². The first-order chi connectivity index (χ1) is 11.8. The van der Waals surface area contributed by atoms with E-state index in [1.165, 1.54) is 5.56 Å². The van der Waals surface area contributed by atoms with Crippen molar-refractivity contribution in [2.45, 2.75) is 6.54 Å². The summed E-state index contributed by atoms with van der Waals surface area (Å²) in [6.45, 7) is 1.86. The third kappa shape index (κ3) is 4.16. The largest absolute Gasteiger partial charge is 0.491 e. The van der Waals surface area contributed by atoms with Crippen LogP contribution in [0.15, 0.2) is 54.7 Å². The second kappa shape index (κ2) is 7.99. The number of halogens is 1. The molecule has 1 N–H and O–H groups in total. The molecular weight excluding hydrogens is 324 g/mol. The first-order valence-corrected chi connectivity index (χ1v) is 8.13. The summed E-state index contributed by atoms with van der Waals surface area (Å²) in [4.78, 5) is 4.35. The minimum atomic E-state index is 0.555. The van der Waals surface area contributed by atoms with Gasteiger partial charge in [0.2, 0.25) is 0 Å². The Morgan fingerprint density at radius 2 is 1.88 bits per heavy atom. The molecule has 0 aliphatic carbocycles. The second-order valence-corrected chi connectivity index (χ2v) is 5.80. The zero-order valence-electron chi connectivity index (χ0n) is 13.5. The average Bonchev–Trinajstić information content (AvgIpc) is 2.61. The molecule has 1 aromatic heterocycles. The molecule has 0 unspecified atom stereocenters. The molecule has 0 saturated carbocycles. The van der Waals surface area contributed by atoms with Crippen LogP contribution >= 0.6 is 11.6 Å². The van der Waals surface area contributed by atoms with E-state index in [0.29, 0.717) is 18.2 Å². The van der Waals surface area contributed by atoms with E-state index in [2.05, 4.69) is 22.4 Å². The van der Waals surface area contributed by atoms with Crippen LogP contribution in [-0.4, -0.2) is 25.3 Å². The minimum absolute atomic E-state index is 0.555. The molecule has 124 valence electrons. The number of nitrogens with one attached hydrogen (secondary N) is 1. The highest BCUT2D eigenvalue weighted by atomic mass is 35.5. The summed E-state index contributed by atoms with van der Waals surface area (Å²) in [5.74, 6) is 0.847. The summed E-state index contributed by atoms with van der Waals surface area (Å²) < 4.78 is 10.5. The number of anilines is 1. The molecule has 0 aliphatic rings. The lowest BCUT2D eigenvalue weighted by molar-refractivity contribution is 0.146. The van der Waals surface area contributed by atoms with Crippen LogP contribution in [0.4, 0.5) is 5.69 Å². The number of hydrogen-bond donors (Lipinski definition) is 1. The number of rotatable bonds is 7. The average molecular weight is 343 g/mol. The summed E-state index contributed by atoms with van der Waals surface area (Å²) >= 11 is 6.02. The highest BCUT2D eigenvalue weighted by molar-refractivity contribution is 6.31. The van der Waals surface area contributed by atoms with Crippen molar-refractivity contribution in [1.82, 2.24) is 4.98 Å². The summed E-state index contributed by atoms with van der Waals surface area (Å²) in [6, 6.07) is 15.7. The fourth-order valence-electron chi connectivity index (χ4n) is 2.42. The fraction of sp³-hybridized carbons (Fsp3) is 0.211. The minimum Gasteiger partial charge on any atom is -0.491 e. The van der Waals surface area contributed by atoms with E-state index in [1.54, 1.807) is 13.3 Å². The molecule has 3 rings (SSSR count). The second-order valence-electron chi connectivity index (χ2n) is 5.36. The Bertz CT molecular complexity index is 806. The molecule has 0 saturated heterocycles. The van der Waals surface area contributed by atoms with Gasteiger partial charge in [0.25, 0.3) is 0 Å². The molecular formula is C19H19ClN2O2. The van der Waals surface area contributed by atoms with Crippen molar-refractivity contribution >= 4 is 28.2 Å². The van der Waals surface area contributed by atoms with E-state index in [-0.39, 0.29) is 0 Å². The van der Waals surface area contributed by atoms with Crippen LogP contribution < -0.4 is 10.1 Å². The van der Waals surface area contributed by atoms with Crippen LogP contribution in [0.1, 0.15) is 5.56 Å². The molecule has 5 heteroatoms. The van der Waals surface area contributed by atoms with Gasteiger partial charge in [0.15, 0.2) is 0 Å². The van der Waals surface area contributed by atoms with Crippen molar-refractivity contribution in [2.24, 2.45) is 0 Å². The molecule has 0 aliphatic heterocycles. The Morgan fingerprint density at radius 1 is 1.04 bits per heavy atom. The van der Waals surface area contributed by atoms with Gasteiger partial charge < -0.3 is 14.8 Å². The van der Waals surface area contributed by atoms with Crippen LogP contribution in [0, 0.1) is 0 Å². The number of hydrogen-bond acceptors (Lipinski definition) is 4. The van der Waals surface area contributed by atoms with Crippen LogP contribution in [0.3, 0.4) is 0 Å². The van der Waals surface area contributed by atoms with Crippen molar-refractivity contribution in [1.29, 1.82) is 0 Å². The maximum absolute atomic E-state index is 6.02. The molecule has 0 atom stereocenters. The topological polar surface area (TPSA) is 43.4 Å². The molecule has 0 bridgehead atoms. The molecule has 0 fully saturated rings. The molecule has 0 spiro atoms. The van der Waals surface area contributed by atoms with Gasteiger partial charge in [-0.25, -0.2) is 0 Å². The summed E-state index contributed by atoms with van der Waals surface area (Å²) in [6.07, 6.45) is 1.79. The van der Waals surface area contributed by atoms with Gasteiger partial charge in [-0.05, 0) is 42.0 Å². The van der Waals surface area contributed by atoms with E-state index in [9.17, 15) is 0 Å². The van der Waals surface area contributed by atoms with E-state index in [1.807, 2.05) is 36.4 Å². The number of fused-ring (bicyclic) bond motifs is 1. The highest BCUT2D eigenvalue weighted by Crippen LogP contribution is 2.25. The van der Waals surface area contributed by atoms with Gasteiger partial charge in [-0.15, -0.1) is 0 Å². The van der Waals surface area contributed by atoms with Gasteiger partial charge >= 0.3 is 0 Å². The lowest BCUT2D eigenvalue weighted by Gasteiger charge is -2.10. The predicted molar refractivity (Wildman–Crippen MR) is 97.9 cm³/mol. The first-order valence-electron chi connectivity index (χ1n) is 7.75. The van der Waals surface area contributed by atoms with Gasteiger partial charge in [-0.1, -0.05) is 23.7 Å². The van der Waals surface area contributed by atoms with Crippen LogP contribution in [0.5, 0.6) is 5.75 Å². The zero-order valence-corrected chi connectivity index (χ0v) is 14.2. The van der Waals surface area contributed by atoms with E-state index in [4.69, 9.17) is 21.1 Å². The standard InChI is InChI=1S/C19H19ClN2O2/c1-23-10-11-24-16-5-2-14(3-6-16)13-22-18-8-9-21-19-12-15(20)4-7-17(18)19/h2-9,12H,10-11,13H2,1H3,(H,21,22). The number of ether oxygens (including phenoxy) is 2. The highest BCUT2D eigenvalue weighted by Gasteiger charge is 2.03. The quantitative estimate of drug-likeness (QED) is 0.641. The monoisotopic (exact) mass is 342 g/mol. The smallest absolute Gasteiger partial charge is 0.119 e. The molecule has 24 heavy (non-hydrogen) atoms. The number of benzene rings is 2. The molecule has 0 amide bonds. The Balaban J connectivity index is 1.65. The van der Waals surface area contributed by atoms with Crippen LogP contribution in [0.25, 0.3) is 10.9 Å². The Labute approximate surface area is 146 Å². The van der Waals surface area contributed by atoms with Crippen molar-refractivity contribution < 1.29 is 9.47 Å². The van der Waals surface area contributed by atoms with E-state index in [0.717, 1.165) is 28.9 Å². The maximum atomic E-state index is 6.02. The zero-order chi connectivity index (χ0) is 16.8. The van der Waals surface area contributed by atoms with Crippen molar-refractivity contribution in [3.8, 4) is 5.75 Å². The number of nitrogens with zero attached hydrogens (tertiary/aromatic N) is 1. The fourth-order valence-corrected chi connectivity index (χ4v) is 2.59. The van der Waals surface area contributed by atoms with Gasteiger partial charge in [-0.2, -0.15) is 0 Å². The molecule has 2 aromatic carbocycles. The van der Waals surface area contributed by atoms with Crippen molar-refractivity contribution in [3.63, 3.8) is 0 Å². The summed E-state index contributed by atoms with van der Waals surface area (Å²) in [5.41, 5.74) is 3.10. The van der Waals surface area contributed by atoms with Gasteiger partial charge in [-0.3, -0.25) is 4.98 Å². The summed E-state index contributed by atoms with van der Waals surface area (Å²) in [5, 5.41) is 5.20. The first kappa shape index (κ1) is 16.6. The summed E-state index contributed by atoms with van der Waals surface area (Å²) in [7, 11) is 1.66. The third-order valence-corrected chi connectivity index (χ3v) is 3.90. The Kier molecular flexibility index (Phi) is 5.51. The third-order valence-electron chi connectivity index (χ3n) is 3.67. The molecule has 4 nitrogen and oxygen atoms in total. The normalized spacial score (nSPS) is 10.8. The molecule has 3 aromatic rings. The van der Waals surface area contributed by atoms with E-state index >= 15 is 0 Å². The van der Waals surface area contributed by atoms with Crippen molar-refractivity contribution in [2.75, 3.05) is 25.6 Å². The van der Waals surface area contributed by atoms with Gasteiger partial charge in [0.1, 0.15) is 12.4 Å². The maximum Gasteiger partial charge on any atom is 0.119 e. The number of methoxy groups -OCH3 is 1.